The summed E-state index contributed by atoms with van der Waals surface area (Å²) in [5.41, 5.74) is 3.40. The molecule has 5 heteroatoms. The van der Waals surface area contributed by atoms with Gasteiger partial charge >= 0.3 is 0 Å². The van der Waals surface area contributed by atoms with E-state index in [-0.39, 0.29) is 10.6 Å². The Morgan fingerprint density at radius 3 is 2.26 bits per heavy atom. The van der Waals surface area contributed by atoms with Crippen LogP contribution in [0, 0.1) is 13.8 Å². The highest BCUT2D eigenvalue weighted by Crippen LogP contribution is 2.35. The lowest BCUT2D eigenvalue weighted by atomic mass is 10.0. The molecular formula is C18H13Cl2NO2. The highest BCUT2D eigenvalue weighted by atomic mass is 35.5. The van der Waals surface area contributed by atoms with Crippen molar-refractivity contribution in [1.29, 1.82) is 0 Å². The van der Waals surface area contributed by atoms with Crippen molar-refractivity contribution in [2.24, 2.45) is 0 Å². The molecule has 0 N–H and O–H groups in total. The van der Waals surface area contributed by atoms with E-state index >= 15 is 0 Å². The van der Waals surface area contributed by atoms with Gasteiger partial charge in [-0.15, -0.1) is 0 Å². The van der Waals surface area contributed by atoms with Gasteiger partial charge in [0.15, 0.2) is 0 Å². The van der Waals surface area contributed by atoms with Crippen LogP contribution in [0.5, 0.6) is 0 Å². The molecule has 2 aromatic rings. The van der Waals surface area contributed by atoms with Crippen molar-refractivity contribution in [1.82, 2.24) is 0 Å². The van der Waals surface area contributed by atoms with Crippen molar-refractivity contribution >= 4 is 46.3 Å². The fourth-order valence-corrected chi connectivity index (χ4v) is 2.96. The van der Waals surface area contributed by atoms with Crippen molar-refractivity contribution < 1.29 is 9.59 Å². The summed E-state index contributed by atoms with van der Waals surface area (Å²) < 4.78 is 0. The Kier molecular flexibility index (Phi) is 4.00. The third-order valence-electron chi connectivity index (χ3n) is 3.89. The zero-order valence-electron chi connectivity index (χ0n) is 12.6. The van der Waals surface area contributed by atoms with Crippen LogP contribution in [-0.2, 0) is 9.59 Å². The maximum atomic E-state index is 12.8. The summed E-state index contributed by atoms with van der Waals surface area (Å²) in [6.07, 6.45) is 0. The molecule has 0 spiro atoms. The summed E-state index contributed by atoms with van der Waals surface area (Å²) in [5, 5.41) is 0.372. The van der Waals surface area contributed by atoms with E-state index in [9.17, 15) is 9.59 Å². The first kappa shape index (κ1) is 15.8. The second-order valence-corrected chi connectivity index (χ2v) is 6.23. The molecule has 0 unspecified atom stereocenters. The molecule has 0 saturated heterocycles. The van der Waals surface area contributed by atoms with Crippen molar-refractivity contribution in [3.63, 3.8) is 0 Å². The second-order valence-electron chi connectivity index (χ2n) is 5.41. The molecule has 2 aromatic carbocycles. The molecule has 0 bridgehead atoms. The van der Waals surface area contributed by atoms with Crippen LogP contribution in [0.25, 0.3) is 5.57 Å². The minimum Gasteiger partial charge on any atom is -0.268 e. The largest absolute Gasteiger partial charge is 0.277 e. The van der Waals surface area contributed by atoms with Crippen molar-refractivity contribution in [2.45, 2.75) is 13.8 Å². The van der Waals surface area contributed by atoms with Crippen LogP contribution >= 0.6 is 23.2 Å². The standard InChI is InChI=1S/C18H13Cl2NO2/c1-10-6-7-12(8-11(10)2)15-16(20)18(23)21(17(15)22)14-5-3-4-13(19)9-14/h3-9H,1-2H3. The van der Waals surface area contributed by atoms with E-state index in [0.717, 1.165) is 16.0 Å². The van der Waals surface area contributed by atoms with Crippen LogP contribution in [0.2, 0.25) is 5.02 Å². The van der Waals surface area contributed by atoms with Crippen LogP contribution < -0.4 is 4.90 Å². The number of rotatable bonds is 2. The lowest BCUT2D eigenvalue weighted by Gasteiger charge is -2.15. The van der Waals surface area contributed by atoms with Gasteiger partial charge in [0, 0.05) is 5.02 Å². The van der Waals surface area contributed by atoms with Crippen LogP contribution in [0.15, 0.2) is 47.5 Å². The zero-order chi connectivity index (χ0) is 16.7. The number of benzene rings is 2. The van der Waals surface area contributed by atoms with Gasteiger partial charge in [-0.3, -0.25) is 9.59 Å². The molecule has 0 aliphatic carbocycles. The van der Waals surface area contributed by atoms with Gasteiger partial charge in [0.2, 0.25) is 0 Å². The van der Waals surface area contributed by atoms with Gasteiger partial charge in [-0.1, -0.05) is 47.5 Å². The SMILES string of the molecule is Cc1ccc(C2=C(Cl)C(=O)N(c3cccc(Cl)c3)C2=O)cc1C. The maximum absolute atomic E-state index is 12.8. The number of halogens is 2. The first-order valence-corrected chi connectivity index (χ1v) is 7.77. The lowest BCUT2D eigenvalue weighted by molar-refractivity contribution is -0.119. The molecule has 3 rings (SSSR count). The van der Waals surface area contributed by atoms with Crippen LogP contribution in [-0.4, -0.2) is 11.8 Å². The Labute approximate surface area is 144 Å². The summed E-state index contributed by atoms with van der Waals surface area (Å²) in [6.45, 7) is 3.93. The number of nitrogens with zero attached hydrogens (tertiary/aromatic N) is 1. The van der Waals surface area contributed by atoms with E-state index in [1.807, 2.05) is 26.0 Å². The summed E-state index contributed by atoms with van der Waals surface area (Å²) in [5.74, 6) is -0.974. The zero-order valence-corrected chi connectivity index (χ0v) is 14.1. The first-order valence-electron chi connectivity index (χ1n) is 7.02. The van der Waals surface area contributed by atoms with Crippen molar-refractivity contribution in [3.8, 4) is 0 Å². The Hall–Kier alpha value is -2.10. The Morgan fingerprint density at radius 1 is 0.870 bits per heavy atom. The number of anilines is 1. The summed E-state index contributed by atoms with van der Waals surface area (Å²) >= 11 is 12.1. The second kappa shape index (κ2) is 5.84. The Morgan fingerprint density at radius 2 is 1.61 bits per heavy atom. The molecule has 0 saturated carbocycles. The molecule has 1 aliphatic rings. The van der Waals surface area contributed by atoms with Crippen molar-refractivity contribution in [3.05, 3.63) is 69.2 Å². The number of carbonyl (C=O) groups excluding carboxylic acids is 2. The van der Waals surface area contributed by atoms with Gasteiger partial charge in [-0.05, 0) is 48.7 Å². The molecule has 116 valence electrons. The van der Waals surface area contributed by atoms with Crippen molar-refractivity contribution in [2.75, 3.05) is 4.90 Å². The number of amides is 2. The highest BCUT2D eigenvalue weighted by molar-refractivity contribution is 6.60. The minimum absolute atomic E-state index is 0.0711. The topological polar surface area (TPSA) is 37.4 Å². The van der Waals surface area contributed by atoms with Crippen LogP contribution in [0.4, 0.5) is 5.69 Å². The quantitative estimate of drug-likeness (QED) is 0.752. The third-order valence-corrected chi connectivity index (χ3v) is 4.48. The maximum Gasteiger partial charge on any atom is 0.277 e. The van der Waals surface area contributed by atoms with Crippen LogP contribution in [0.3, 0.4) is 0 Å². The molecule has 0 radical (unpaired) electrons. The lowest BCUT2D eigenvalue weighted by Crippen LogP contribution is -2.31. The Balaban J connectivity index is 2.07. The summed E-state index contributed by atoms with van der Waals surface area (Å²) in [6, 6.07) is 12.1. The smallest absolute Gasteiger partial charge is 0.268 e. The average Bonchev–Trinajstić information content (AvgIpc) is 2.72. The normalized spacial score (nSPS) is 14.9. The Bertz CT molecular complexity index is 871. The summed E-state index contributed by atoms with van der Waals surface area (Å²) in [7, 11) is 0. The van der Waals surface area contributed by atoms with Gasteiger partial charge in [-0.25, -0.2) is 4.90 Å². The van der Waals surface area contributed by atoms with Gasteiger partial charge in [0.25, 0.3) is 11.8 Å². The van der Waals surface area contributed by atoms with E-state index in [0.29, 0.717) is 16.3 Å². The van der Waals surface area contributed by atoms with Gasteiger partial charge in [0.1, 0.15) is 5.03 Å². The fraction of sp³-hybridized carbons (Fsp3) is 0.111. The van der Waals surface area contributed by atoms with Gasteiger partial charge in [0.05, 0.1) is 11.3 Å². The molecule has 0 fully saturated rings. The number of hydrogen-bond acceptors (Lipinski definition) is 2. The van der Waals surface area contributed by atoms with Gasteiger partial charge < -0.3 is 0 Å². The summed E-state index contributed by atoms with van der Waals surface area (Å²) in [4.78, 5) is 26.2. The minimum atomic E-state index is -0.535. The number of carbonyl (C=O) groups is 2. The molecule has 1 aliphatic heterocycles. The van der Waals surface area contributed by atoms with E-state index < -0.39 is 11.8 Å². The van der Waals surface area contributed by atoms with E-state index in [1.54, 1.807) is 30.3 Å². The molecule has 0 aromatic heterocycles. The average molecular weight is 346 g/mol. The fourth-order valence-electron chi connectivity index (χ4n) is 2.50. The molecular weight excluding hydrogens is 333 g/mol. The number of hydrogen-bond donors (Lipinski definition) is 0. The predicted octanol–water partition coefficient (Wildman–Crippen LogP) is 4.48. The molecule has 1 heterocycles. The predicted molar refractivity (Wildman–Crippen MR) is 92.6 cm³/mol. The first-order chi connectivity index (χ1) is 10.9. The highest BCUT2D eigenvalue weighted by Gasteiger charge is 2.39. The molecule has 2 amide bonds. The number of imide groups is 1. The monoisotopic (exact) mass is 345 g/mol. The molecule has 23 heavy (non-hydrogen) atoms. The molecule has 0 atom stereocenters. The van der Waals surface area contributed by atoms with E-state index in [2.05, 4.69) is 0 Å². The molecule has 3 nitrogen and oxygen atoms in total. The van der Waals surface area contributed by atoms with Gasteiger partial charge in [-0.2, -0.15) is 0 Å². The third kappa shape index (κ3) is 2.67. The van der Waals surface area contributed by atoms with E-state index in [4.69, 9.17) is 23.2 Å². The van der Waals surface area contributed by atoms with Crippen LogP contribution in [0.1, 0.15) is 16.7 Å². The number of aryl methyl sites for hydroxylation is 2. The van der Waals surface area contributed by atoms with E-state index in [1.165, 1.54) is 0 Å².